The first-order valence-electron chi connectivity index (χ1n) is 7.78. The minimum Gasteiger partial charge on any atom is -0.466 e. The van der Waals surface area contributed by atoms with Crippen molar-refractivity contribution in [1.82, 2.24) is 5.06 Å². The minimum absolute atomic E-state index is 0.116. The molecule has 0 saturated carbocycles. The van der Waals surface area contributed by atoms with Crippen LogP contribution in [0, 0.1) is 0 Å². The molecule has 0 aliphatic carbocycles. The Kier molecular flexibility index (Phi) is 9.04. The van der Waals surface area contributed by atoms with Crippen molar-refractivity contribution in [2.45, 2.75) is 13.5 Å². The number of esters is 2. The molecule has 9 heteroatoms. The van der Waals surface area contributed by atoms with Gasteiger partial charge in [-0.1, -0.05) is 23.7 Å². The number of carbonyl (C=O) groups excluding carboxylic acids is 3. The first kappa shape index (κ1) is 22.2. The number of hydrogen-bond acceptors (Lipinski definition) is 7. The molecule has 8 nitrogen and oxygen atoms in total. The van der Waals surface area contributed by atoms with Crippen molar-refractivity contribution >= 4 is 35.1 Å². The highest BCUT2D eigenvalue weighted by Crippen LogP contribution is 2.24. The zero-order chi connectivity index (χ0) is 20.4. The summed E-state index contributed by atoms with van der Waals surface area (Å²) in [6.45, 7) is 1.85. The minimum atomic E-state index is -0.747. The molecule has 0 saturated heterocycles. The molecule has 0 aliphatic heterocycles. The van der Waals surface area contributed by atoms with E-state index in [-0.39, 0.29) is 18.1 Å². The average Bonchev–Trinajstić information content (AvgIpc) is 2.66. The molecule has 1 aromatic carbocycles. The average molecular weight is 397 g/mol. The molecular weight excluding hydrogens is 376 g/mol. The maximum atomic E-state index is 11.9. The highest BCUT2D eigenvalue weighted by atomic mass is 35.5. The number of hydrogen-bond donors (Lipinski definition) is 1. The summed E-state index contributed by atoms with van der Waals surface area (Å²) in [6, 6.07) is 4.83. The molecule has 0 spiro atoms. The molecule has 1 rings (SSSR count). The Balaban J connectivity index is 3.02. The number of methoxy groups -OCH3 is 2. The number of rotatable bonds is 8. The van der Waals surface area contributed by atoms with Crippen LogP contribution < -0.4 is 5.32 Å². The number of allylic oxidation sites excluding steroid dienone is 1. The van der Waals surface area contributed by atoms with Crippen LogP contribution in [0.5, 0.6) is 0 Å². The lowest BCUT2D eigenvalue weighted by Gasteiger charge is -2.19. The van der Waals surface area contributed by atoms with Crippen molar-refractivity contribution in [1.29, 1.82) is 0 Å². The number of anilines is 1. The van der Waals surface area contributed by atoms with Gasteiger partial charge in [0.1, 0.15) is 5.70 Å². The maximum Gasteiger partial charge on any atom is 0.354 e. The molecule has 0 heterocycles. The van der Waals surface area contributed by atoms with Gasteiger partial charge in [-0.25, -0.2) is 14.7 Å². The number of hydroxylamine groups is 2. The van der Waals surface area contributed by atoms with Crippen molar-refractivity contribution in [3.8, 4) is 0 Å². The van der Waals surface area contributed by atoms with Gasteiger partial charge in [0.05, 0.1) is 34.0 Å². The summed E-state index contributed by atoms with van der Waals surface area (Å²) in [5, 5.41) is 4.23. The Labute approximate surface area is 162 Å². The Morgan fingerprint density at radius 2 is 1.89 bits per heavy atom. The summed E-state index contributed by atoms with van der Waals surface area (Å²) in [6.07, 6.45) is 3.94. The molecule has 0 aromatic heterocycles. The smallest absolute Gasteiger partial charge is 0.354 e. The van der Waals surface area contributed by atoms with Gasteiger partial charge in [-0.05, 0) is 24.6 Å². The summed E-state index contributed by atoms with van der Waals surface area (Å²) in [7, 11) is 3.76. The highest BCUT2D eigenvalue weighted by Gasteiger charge is 2.15. The van der Waals surface area contributed by atoms with E-state index in [9.17, 15) is 14.4 Å². The third-order valence-corrected chi connectivity index (χ3v) is 3.64. The van der Waals surface area contributed by atoms with E-state index in [1.165, 1.54) is 27.4 Å². The SMILES string of the molecule is C/C=C/C(=O)N(Cc1ccc(N/C(=C/C(=O)OC)C(=O)OC)cc1Cl)OC. The van der Waals surface area contributed by atoms with Crippen LogP contribution in [-0.4, -0.2) is 44.2 Å². The number of carbonyl (C=O) groups is 3. The fourth-order valence-electron chi connectivity index (χ4n) is 1.95. The lowest BCUT2D eigenvalue weighted by molar-refractivity contribution is -0.173. The fraction of sp³-hybridized carbons (Fsp3) is 0.278. The van der Waals surface area contributed by atoms with E-state index < -0.39 is 11.9 Å². The molecule has 0 unspecified atom stereocenters. The zero-order valence-electron chi connectivity index (χ0n) is 15.4. The molecule has 1 amide bonds. The first-order valence-corrected chi connectivity index (χ1v) is 8.15. The topological polar surface area (TPSA) is 94.2 Å². The summed E-state index contributed by atoms with van der Waals surface area (Å²) in [5.41, 5.74) is 0.946. The van der Waals surface area contributed by atoms with Crippen LogP contribution in [0.1, 0.15) is 12.5 Å². The van der Waals surface area contributed by atoms with Gasteiger partial charge in [-0.2, -0.15) is 0 Å². The molecule has 0 aliphatic rings. The van der Waals surface area contributed by atoms with Crippen LogP contribution in [-0.2, 0) is 35.2 Å². The fourth-order valence-corrected chi connectivity index (χ4v) is 2.19. The van der Waals surface area contributed by atoms with Gasteiger partial charge in [0.25, 0.3) is 5.91 Å². The predicted molar refractivity (Wildman–Crippen MR) is 99.6 cm³/mol. The Bertz CT molecular complexity index is 760. The number of nitrogens with one attached hydrogen (secondary N) is 1. The largest absolute Gasteiger partial charge is 0.466 e. The number of amides is 1. The number of nitrogens with zero attached hydrogens (tertiary/aromatic N) is 1. The van der Waals surface area contributed by atoms with E-state index in [4.69, 9.17) is 16.4 Å². The Morgan fingerprint density at radius 1 is 1.19 bits per heavy atom. The molecule has 0 atom stereocenters. The van der Waals surface area contributed by atoms with Gasteiger partial charge in [-0.15, -0.1) is 0 Å². The molecule has 1 N–H and O–H groups in total. The van der Waals surface area contributed by atoms with E-state index in [1.807, 2.05) is 0 Å². The van der Waals surface area contributed by atoms with Crippen molar-refractivity contribution in [2.75, 3.05) is 26.6 Å². The van der Waals surface area contributed by atoms with E-state index in [1.54, 1.807) is 31.2 Å². The third-order valence-electron chi connectivity index (χ3n) is 3.29. The summed E-state index contributed by atoms with van der Waals surface area (Å²) < 4.78 is 9.13. The lowest BCUT2D eigenvalue weighted by Crippen LogP contribution is -2.27. The second-order valence-electron chi connectivity index (χ2n) is 5.06. The summed E-state index contributed by atoms with van der Waals surface area (Å²) in [5.74, 6) is -1.79. The normalized spacial score (nSPS) is 11.2. The van der Waals surface area contributed by atoms with Crippen molar-refractivity contribution in [2.24, 2.45) is 0 Å². The molecule has 1 aromatic rings. The van der Waals surface area contributed by atoms with Crippen LogP contribution in [0.25, 0.3) is 0 Å². The van der Waals surface area contributed by atoms with E-state index in [0.29, 0.717) is 16.3 Å². The number of ether oxygens (including phenoxy) is 2. The predicted octanol–water partition coefficient (Wildman–Crippen LogP) is 2.45. The van der Waals surface area contributed by atoms with Crippen molar-refractivity contribution < 1.29 is 28.7 Å². The summed E-state index contributed by atoms with van der Waals surface area (Å²) >= 11 is 6.26. The number of benzene rings is 1. The molecular formula is C18H21ClN2O6. The lowest BCUT2D eigenvalue weighted by atomic mass is 10.2. The van der Waals surface area contributed by atoms with Crippen molar-refractivity contribution in [3.05, 3.63) is 52.7 Å². The van der Waals surface area contributed by atoms with E-state index in [0.717, 1.165) is 11.1 Å². The summed E-state index contributed by atoms with van der Waals surface area (Å²) in [4.78, 5) is 40.1. The van der Waals surface area contributed by atoms with E-state index >= 15 is 0 Å². The number of halogens is 1. The van der Waals surface area contributed by atoms with Crippen molar-refractivity contribution in [3.63, 3.8) is 0 Å². The van der Waals surface area contributed by atoms with Gasteiger partial charge in [0.2, 0.25) is 0 Å². The quantitative estimate of drug-likeness (QED) is 0.409. The van der Waals surface area contributed by atoms with Crippen LogP contribution in [0.15, 0.2) is 42.1 Å². The molecule has 0 radical (unpaired) electrons. The molecule has 146 valence electrons. The first-order chi connectivity index (χ1) is 12.9. The van der Waals surface area contributed by atoms with E-state index in [2.05, 4.69) is 14.8 Å². The monoisotopic (exact) mass is 396 g/mol. The van der Waals surface area contributed by atoms with Crippen LogP contribution in [0.3, 0.4) is 0 Å². The molecule has 0 bridgehead atoms. The standard InChI is InChI=1S/C18H21ClN2O6/c1-5-6-16(22)21(27-4)11-12-7-8-13(9-14(12)19)20-15(18(24)26-3)10-17(23)25-2/h5-10,20H,11H2,1-4H3/b6-5+,15-10+. The second kappa shape index (κ2) is 11.0. The Hall–Kier alpha value is -2.84. The molecule has 0 fully saturated rings. The maximum absolute atomic E-state index is 11.9. The molecule has 27 heavy (non-hydrogen) atoms. The second-order valence-corrected chi connectivity index (χ2v) is 5.47. The van der Waals surface area contributed by atoms with Crippen LogP contribution in [0.4, 0.5) is 5.69 Å². The van der Waals surface area contributed by atoms with Gasteiger partial charge in [0, 0.05) is 16.8 Å². The highest BCUT2D eigenvalue weighted by molar-refractivity contribution is 6.31. The van der Waals surface area contributed by atoms with Gasteiger partial charge < -0.3 is 14.8 Å². The van der Waals surface area contributed by atoms with Gasteiger partial charge in [-0.3, -0.25) is 9.63 Å². The van der Waals surface area contributed by atoms with Gasteiger partial charge in [0.15, 0.2) is 0 Å². The Morgan fingerprint density at radius 3 is 2.41 bits per heavy atom. The van der Waals surface area contributed by atoms with Crippen LogP contribution in [0.2, 0.25) is 5.02 Å². The third kappa shape index (κ3) is 6.76. The zero-order valence-corrected chi connectivity index (χ0v) is 16.2. The van der Waals surface area contributed by atoms with Gasteiger partial charge >= 0.3 is 11.9 Å². The van der Waals surface area contributed by atoms with Crippen LogP contribution >= 0.6 is 11.6 Å².